The summed E-state index contributed by atoms with van der Waals surface area (Å²) in [5.41, 5.74) is 0.688. The van der Waals surface area contributed by atoms with Crippen LogP contribution in [0.3, 0.4) is 0 Å². The molecule has 3 aromatic rings. The highest BCUT2D eigenvalue weighted by Crippen LogP contribution is 2.30. The summed E-state index contributed by atoms with van der Waals surface area (Å²) < 4.78 is 15.5. The monoisotopic (exact) mass is 511 g/mol. The van der Waals surface area contributed by atoms with Gasteiger partial charge in [-0.15, -0.1) is 0 Å². The standard InChI is InChI=1S/C24H18ClN3O8/c1-34-23(30)21-9-7-17(36-21)12-27-22(29)18(26-24(27)31)10-15-4-8-20(19(11-15)28(32)33)35-13-14-2-5-16(25)6-3-14/h2-11H,12-13H2,1H3,(H,26,31)/b18-10-. The first-order chi connectivity index (χ1) is 17.2. The molecule has 1 aliphatic rings. The molecule has 0 spiro atoms. The van der Waals surface area contributed by atoms with Crippen LogP contribution in [-0.2, 0) is 22.7 Å². The Morgan fingerprint density at radius 3 is 2.61 bits per heavy atom. The lowest BCUT2D eigenvalue weighted by Crippen LogP contribution is -2.30. The summed E-state index contributed by atoms with van der Waals surface area (Å²) >= 11 is 5.86. The Labute approximate surface area is 209 Å². The molecule has 2 heterocycles. The number of nitrogens with one attached hydrogen (secondary N) is 1. The largest absolute Gasteiger partial charge is 0.482 e. The van der Waals surface area contributed by atoms with Crippen molar-refractivity contribution in [3.05, 3.63) is 98.1 Å². The number of esters is 1. The summed E-state index contributed by atoms with van der Waals surface area (Å²) in [6.45, 7) is -0.136. The minimum absolute atomic E-state index is 0.0414. The number of urea groups is 1. The van der Waals surface area contributed by atoms with E-state index in [1.807, 2.05) is 0 Å². The number of nitro benzene ring substituents is 1. The highest BCUT2D eigenvalue weighted by Gasteiger charge is 2.34. The molecular formula is C24H18ClN3O8. The van der Waals surface area contributed by atoms with Crippen molar-refractivity contribution in [3.63, 3.8) is 0 Å². The first-order valence-corrected chi connectivity index (χ1v) is 10.8. The van der Waals surface area contributed by atoms with E-state index in [-0.39, 0.29) is 41.8 Å². The molecule has 1 fully saturated rings. The van der Waals surface area contributed by atoms with E-state index in [1.165, 1.54) is 43.5 Å². The van der Waals surface area contributed by atoms with Crippen LogP contribution in [-0.4, -0.2) is 34.8 Å². The van der Waals surface area contributed by atoms with E-state index in [0.29, 0.717) is 10.6 Å². The number of ether oxygens (including phenoxy) is 2. The minimum Gasteiger partial charge on any atom is -0.482 e. The van der Waals surface area contributed by atoms with E-state index in [0.717, 1.165) is 10.5 Å². The number of furan rings is 1. The normalized spacial score (nSPS) is 14.2. The van der Waals surface area contributed by atoms with Crippen molar-refractivity contribution in [2.75, 3.05) is 7.11 Å². The molecule has 0 radical (unpaired) electrons. The van der Waals surface area contributed by atoms with Gasteiger partial charge in [0.2, 0.25) is 5.76 Å². The average molecular weight is 512 g/mol. The third kappa shape index (κ3) is 5.36. The second-order valence-corrected chi connectivity index (χ2v) is 7.97. The molecule has 2 aromatic carbocycles. The molecule has 184 valence electrons. The zero-order valence-corrected chi connectivity index (χ0v) is 19.5. The van der Waals surface area contributed by atoms with Crippen LogP contribution in [0.1, 0.15) is 27.4 Å². The lowest BCUT2D eigenvalue weighted by atomic mass is 10.1. The molecule has 0 bridgehead atoms. The van der Waals surface area contributed by atoms with Crippen LogP contribution in [0.2, 0.25) is 5.02 Å². The Morgan fingerprint density at radius 2 is 1.92 bits per heavy atom. The van der Waals surface area contributed by atoms with Gasteiger partial charge in [0.15, 0.2) is 5.75 Å². The maximum absolute atomic E-state index is 12.8. The fourth-order valence-corrected chi connectivity index (χ4v) is 3.47. The number of benzene rings is 2. The van der Waals surface area contributed by atoms with Crippen LogP contribution in [0.25, 0.3) is 6.08 Å². The number of hydrogen-bond acceptors (Lipinski definition) is 8. The Kier molecular flexibility index (Phi) is 7.02. The van der Waals surface area contributed by atoms with Crippen molar-refractivity contribution in [2.24, 2.45) is 0 Å². The van der Waals surface area contributed by atoms with Gasteiger partial charge in [0.05, 0.1) is 18.6 Å². The van der Waals surface area contributed by atoms with E-state index >= 15 is 0 Å². The smallest absolute Gasteiger partial charge is 0.373 e. The molecule has 0 aliphatic carbocycles. The molecule has 36 heavy (non-hydrogen) atoms. The number of nitro groups is 1. The molecule has 0 atom stereocenters. The summed E-state index contributed by atoms with van der Waals surface area (Å²) in [7, 11) is 1.20. The topological polar surface area (TPSA) is 141 Å². The highest BCUT2D eigenvalue weighted by atomic mass is 35.5. The predicted octanol–water partition coefficient (Wildman–Crippen LogP) is 4.30. The van der Waals surface area contributed by atoms with Gasteiger partial charge in [-0.1, -0.05) is 29.8 Å². The average Bonchev–Trinajstić information content (AvgIpc) is 3.44. The zero-order chi connectivity index (χ0) is 25.8. The Balaban J connectivity index is 1.49. The maximum atomic E-state index is 12.8. The van der Waals surface area contributed by atoms with Gasteiger partial charge >= 0.3 is 17.7 Å². The summed E-state index contributed by atoms with van der Waals surface area (Å²) in [6.07, 6.45) is 1.32. The number of halogens is 1. The van der Waals surface area contributed by atoms with E-state index in [2.05, 4.69) is 10.1 Å². The SMILES string of the molecule is COC(=O)c1ccc(CN2C(=O)N/C(=C\c3ccc(OCc4ccc(Cl)cc4)c([N+](=O)[O-])c3)C2=O)o1. The van der Waals surface area contributed by atoms with Crippen molar-refractivity contribution in [2.45, 2.75) is 13.2 Å². The lowest BCUT2D eigenvalue weighted by Gasteiger charge is -2.09. The molecule has 1 aliphatic heterocycles. The van der Waals surface area contributed by atoms with Crippen molar-refractivity contribution >= 4 is 41.3 Å². The summed E-state index contributed by atoms with van der Waals surface area (Å²) in [4.78, 5) is 48.5. The van der Waals surface area contributed by atoms with Crippen LogP contribution >= 0.6 is 11.6 Å². The van der Waals surface area contributed by atoms with Gasteiger partial charge in [-0.3, -0.25) is 19.8 Å². The number of amides is 3. The molecule has 1 saturated heterocycles. The van der Waals surface area contributed by atoms with Crippen LogP contribution in [0.4, 0.5) is 10.5 Å². The molecule has 11 nitrogen and oxygen atoms in total. The number of methoxy groups -OCH3 is 1. The van der Waals surface area contributed by atoms with Crippen molar-refractivity contribution in [1.82, 2.24) is 10.2 Å². The van der Waals surface area contributed by atoms with Crippen LogP contribution in [0, 0.1) is 10.1 Å². The molecule has 4 rings (SSSR count). The van der Waals surface area contributed by atoms with E-state index in [1.54, 1.807) is 24.3 Å². The Bertz CT molecular complexity index is 1380. The number of carbonyl (C=O) groups excluding carboxylic acids is 3. The van der Waals surface area contributed by atoms with Crippen molar-refractivity contribution in [3.8, 4) is 5.75 Å². The van der Waals surface area contributed by atoms with Crippen LogP contribution in [0.15, 0.2) is 64.7 Å². The summed E-state index contributed by atoms with van der Waals surface area (Å²) in [6, 6.07) is 13.1. The molecule has 0 saturated carbocycles. The summed E-state index contributed by atoms with van der Waals surface area (Å²) in [5.74, 6) is -1.19. The molecular weight excluding hydrogens is 494 g/mol. The number of hydrogen-bond donors (Lipinski definition) is 1. The Morgan fingerprint density at radius 1 is 1.17 bits per heavy atom. The van der Waals surface area contributed by atoms with Crippen molar-refractivity contribution < 1.29 is 33.2 Å². The van der Waals surface area contributed by atoms with Gasteiger partial charge in [-0.2, -0.15) is 0 Å². The van der Waals surface area contributed by atoms with Gasteiger partial charge in [0.25, 0.3) is 5.91 Å². The maximum Gasteiger partial charge on any atom is 0.373 e. The van der Waals surface area contributed by atoms with Crippen LogP contribution < -0.4 is 10.1 Å². The third-order valence-electron chi connectivity index (χ3n) is 5.12. The second kappa shape index (κ2) is 10.3. The lowest BCUT2D eigenvalue weighted by molar-refractivity contribution is -0.386. The molecule has 0 unspecified atom stereocenters. The van der Waals surface area contributed by atoms with Gasteiger partial charge in [-0.25, -0.2) is 9.59 Å². The van der Waals surface area contributed by atoms with Gasteiger partial charge < -0.3 is 19.2 Å². The molecule has 1 aromatic heterocycles. The zero-order valence-electron chi connectivity index (χ0n) is 18.7. The fourth-order valence-electron chi connectivity index (χ4n) is 3.34. The quantitative estimate of drug-likeness (QED) is 0.155. The number of nitrogens with zero attached hydrogens (tertiary/aromatic N) is 2. The van der Waals surface area contributed by atoms with Gasteiger partial charge in [-0.05, 0) is 47.5 Å². The molecule has 1 N–H and O–H groups in total. The van der Waals surface area contributed by atoms with Gasteiger partial charge in [0.1, 0.15) is 18.1 Å². The first-order valence-electron chi connectivity index (χ1n) is 10.4. The van der Waals surface area contributed by atoms with E-state index < -0.39 is 22.8 Å². The van der Waals surface area contributed by atoms with Gasteiger partial charge in [0, 0.05) is 11.1 Å². The summed E-state index contributed by atoms with van der Waals surface area (Å²) in [5, 5.41) is 14.6. The highest BCUT2D eigenvalue weighted by molar-refractivity contribution is 6.30. The van der Waals surface area contributed by atoms with Crippen LogP contribution in [0.5, 0.6) is 5.75 Å². The second-order valence-electron chi connectivity index (χ2n) is 7.54. The first kappa shape index (κ1) is 24.5. The van der Waals surface area contributed by atoms with Crippen molar-refractivity contribution in [1.29, 1.82) is 0 Å². The molecule has 12 heteroatoms. The van der Waals surface area contributed by atoms with E-state index in [4.69, 9.17) is 20.8 Å². The third-order valence-corrected chi connectivity index (χ3v) is 5.37. The number of imide groups is 1. The Hall–Kier alpha value is -4.64. The number of carbonyl (C=O) groups is 3. The predicted molar refractivity (Wildman–Crippen MR) is 126 cm³/mol. The fraction of sp³-hybridized carbons (Fsp3) is 0.125. The van der Waals surface area contributed by atoms with E-state index in [9.17, 15) is 24.5 Å². The minimum atomic E-state index is -0.709. The number of rotatable bonds is 8. The molecule has 3 amide bonds.